The molecule has 2 N–H and O–H groups in total. The lowest BCUT2D eigenvalue weighted by Gasteiger charge is -2.44. The molecular formula is C21H19Cl2NO2. The lowest BCUT2D eigenvalue weighted by molar-refractivity contribution is 0.0697. The van der Waals surface area contributed by atoms with E-state index in [0.29, 0.717) is 39.3 Å². The number of aromatic carboxylic acids is 1. The summed E-state index contributed by atoms with van der Waals surface area (Å²) in [5.74, 6) is 1.27. The third-order valence-electron chi connectivity index (χ3n) is 6.65. The third-order valence-corrected chi connectivity index (χ3v) is 7.21. The summed E-state index contributed by atoms with van der Waals surface area (Å²) in [4.78, 5) is 11.8. The van der Waals surface area contributed by atoms with Crippen LogP contribution >= 0.6 is 23.2 Å². The molecule has 5 atom stereocenters. The fourth-order valence-corrected chi connectivity index (χ4v) is 6.28. The van der Waals surface area contributed by atoms with Crippen LogP contribution < -0.4 is 5.32 Å². The van der Waals surface area contributed by atoms with Crippen LogP contribution in [0.4, 0.5) is 5.69 Å². The van der Waals surface area contributed by atoms with Gasteiger partial charge in [-0.2, -0.15) is 0 Å². The summed E-state index contributed by atoms with van der Waals surface area (Å²) in [7, 11) is 0. The summed E-state index contributed by atoms with van der Waals surface area (Å²) in [6, 6.07) is 11.3. The highest BCUT2D eigenvalue weighted by Crippen LogP contribution is 2.64. The number of benzene rings is 2. The topological polar surface area (TPSA) is 49.3 Å². The molecule has 0 amide bonds. The first-order valence-corrected chi connectivity index (χ1v) is 9.88. The van der Waals surface area contributed by atoms with E-state index in [2.05, 4.69) is 11.4 Å². The van der Waals surface area contributed by atoms with Crippen molar-refractivity contribution in [3.63, 3.8) is 0 Å². The van der Waals surface area contributed by atoms with E-state index >= 15 is 0 Å². The van der Waals surface area contributed by atoms with Gasteiger partial charge in [-0.15, -0.1) is 0 Å². The van der Waals surface area contributed by atoms with Crippen LogP contribution in [0.2, 0.25) is 10.0 Å². The predicted molar refractivity (Wildman–Crippen MR) is 103 cm³/mol. The largest absolute Gasteiger partial charge is 0.478 e. The molecule has 3 nitrogen and oxygen atoms in total. The summed E-state index contributed by atoms with van der Waals surface area (Å²) >= 11 is 12.6. The van der Waals surface area contributed by atoms with Gasteiger partial charge in [0.05, 0.1) is 17.3 Å². The number of nitrogens with one attached hydrogen (secondary N) is 1. The van der Waals surface area contributed by atoms with E-state index in [9.17, 15) is 9.90 Å². The molecule has 0 saturated heterocycles. The van der Waals surface area contributed by atoms with Gasteiger partial charge in [0.15, 0.2) is 0 Å². The Labute approximate surface area is 162 Å². The van der Waals surface area contributed by atoms with E-state index < -0.39 is 5.97 Å². The van der Waals surface area contributed by atoms with E-state index in [1.54, 1.807) is 12.1 Å². The van der Waals surface area contributed by atoms with Gasteiger partial charge in [-0.1, -0.05) is 41.4 Å². The second-order valence-corrected chi connectivity index (χ2v) is 8.64. The molecule has 134 valence electrons. The summed E-state index contributed by atoms with van der Waals surface area (Å²) in [5, 5.41) is 14.5. The zero-order valence-electron chi connectivity index (χ0n) is 14.1. The average Bonchev–Trinajstić information content (AvgIpc) is 3.23. The molecule has 2 bridgehead atoms. The van der Waals surface area contributed by atoms with E-state index in [-0.39, 0.29) is 6.04 Å². The van der Waals surface area contributed by atoms with Crippen molar-refractivity contribution in [1.29, 1.82) is 0 Å². The maximum atomic E-state index is 11.8. The molecule has 3 aliphatic rings. The van der Waals surface area contributed by atoms with E-state index in [4.69, 9.17) is 23.2 Å². The zero-order chi connectivity index (χ0) is 18.0. The van der Waals surface area contributed by atoms with Crippen molar-refractivity contribution in [3.05, 3.63) is 63.1 Å². The Kier molecular flexibility index (Phi) is 3.74. The molecular weight excluding hydrogens is 369 g/mol. The van der Waals surface area contributed by atoms with Gasteiger partial charge in [-0.05, 0) is 72.3 Å². The number of hydrogen-bond acceptors (Lipinski definition) is 2. The number of rotatable bonds is 2. The average molecular weight is 388 g/mol. The van der Waals surface area contributed by atoms with Gasteiger partial charge in [0.2, 0.25) is 0 Å². The lowest BCUT2D eigenvalue weighted by Crippen LogP contribution is -2.36. The minimum atomic E-state index is -0.892. The molecule has 26 heavy (non-hydrogen) atoms. The maximum absolute atomic E-state index is 11.8. The molecule has 0 radical (unpaired) electrons. The minimum Gasteiger partial charge on any atom is -0.478 e. The Morgan fingerprint density at radius 2 is 1.88 bits per heavy atom. The van der Waals surface area contributed by atoms with Gasteiger partial charge >= 0.3 is 5.97 Å². The highest BCUT2D eigenvalue weighted by Gasteiger charge is 2.54. The van der Waals surface area contributed by atoms with E-state index in [1.165, 1.54) is 24.8 Å². The standard InChI is InChI=1S/C21H19Cl2NO2/c22-12-6-7-13(16(23)9-12)20-18-11-5-4-10(8-11)17(18)14-2-1-3-15(21(25)26)19(14)24-20/h1-3,6-7,9-11,17-18,20,24H,4-5,8H2,(H,25,26)/t10-,11-,17-,18-,20+/m0/s1. The van der Waals surface area contributed by atoms with Crippen molar-refractivity contribution < 1.29 is 9.90 Å². The van der Waals surface area contributed by atoms with E-state index in [0.717, 1.165) is 11.3 Å². The summed E-state index contributed by atoms with van der Waals surface area (Å²) in [6.07, 6.45) is 3.72. The Morgan fingerprint density at radius 3 is 2.65 bits per heavy atom. The molecule has 2 fully saturated rings. The number of carbonyl (C=O) groups is 1. The molecule has 0 unspecified atom stereocenters. The molecule has 2 aromatic rings. The first-order valence-electron chi connectivity index (χ1n) is 9.12. The third kappa shape index (κ3) is 2.30. The molecule has 2 aromatic carbocycles. The van der Waals surface area contributed by atoms with Crippen molar-refractivity contribution in [2.45, 2.75) is 31.2 Å². The summed E-state index contributed by atoms with van der Waals surface area (Å²) in [6.45, 7) is 0. The Hall–Kier alpha value is -1.71. The summed E-state index contributed by atoms with van der Waals surface area (Å²) in [5.41, 5.74) is 3.30. The van der Waals surface area contributed by atoms with Crippen molar-refractivity contribution in [2.24, 2.45) is 17.8 Å². The number of hydrogen-bond donors (Lipinski definition) is 2. The Bertz CT molecular complexity index is 913. The molecule has 5 heteroatoms. The molecule has 2 aliphatic carbocycles. The molecule has 0 aromatic heterocycles. The Balaban J connectivity index is 1.69. The van der Waals surface area contributed by atoms with Crippen molar-refractivity contribution in [3.8, 4) is 0 Å². The van der Waals surface area contributed by atoms with Crippen molar-refractivity contribution in [1.82, 2.24) is 0 Å². The first-order chi connectivity index (χ1) is 12.5. The molecule has 1 heterocycles. The summed E-state index contributed by atoms with van der Waals surface area (Å²) < 4.78 is 0. The molecule has 2 saturated carbocycles. The first kappa shape index (κ1) is 16.5. The van der Waals surface area contributed by atoms with Crippen LogP contribution in [0.5, 0.6) is 0 Å². The van der Waals surface area contributed by atoms with Crippen LogP contribution in [0.15, 0.2) is 36.4 Å². The molecule has 0 spiro atoms. The van der Waals surface area contributed by atoms with Gasteiger partial charge in [-0.3, -0.25) is 0 Å². The highest BCUT2D eigenvalue weighted by molar-refractivity contribution is 6.35. The number of halogens is 2. The van der Waals surface area contributed by atoms with Crippen LogP contribution in [0.25, 0.3) is 0 Å². The Morgan fingerprint density at radius 1 is 1.08 bits per heavy atom. The van der Waals surface area contributed by atoms with Crippen LogP contribution in [0.3, 0.4) is 0 Å². The van der Waals surface area contributed by atoms with Crippen LogP contribution in [0, 0.1) is 17.8 Å². The SMILES string of the molecule is O=C(O)c1cccc2c1N[C@H](c1ccc(Cl)cc1Cl)[C@H]1[C@H]3CC[C@@H](C3)[C@@H]21. The van der Waals surface area contributed by atoms with Gasteiger partial charge < -0.3 is 10.4 Å². The fraction of sp³-hybridized carbons (Fsp3) is 0.381. The number of para-hydroxylation sites is 1. The fourth-order valence-electron chi connectivity index (χ4n) is 5.75. The van der Waals surface area contributed by atoms with Crippen molar-refractivity contribution in [2.75, 3.05) is 5.32 Å². The van der Waals surface area contributed by atoms with E-state index in [1.807, 2.05) is 18.2 Å². The van der Waals surface area contributed by atoms with Gasteiger partial charge in [0, 0.05) is 10.0 Å². The second kappa shape index (κ2) is 5.90. The van der Waals surface area contributed by atoms with Crippen LogP contribution in [-0.2, 0) is 0 Å². The van der Waals surface area contributed by atoms with Gasteiger partial charge in [0.1, 0.15) is 0 Å². The number of carboxylic acid groups (broad SMARTS) is 1. The highest BCUT2D eigenvalue weighted by atomic mass is 35.5. The smallest absolute Gasteiger partial charge is 0.337 e. The maximum Gasteiger partial charge on any atom is 0.337 e. The lowest BCUT2D eigenvalue weighted by atomic mass is 9.67. The second-order valence-electron chi connectivity index (χ2n) is 7.80. The normalized spacial score (nSPS) is 31.2. The van der Waals surface area contributed by atoms with Crippen LogP contribution in [0.1, 0.15) is 52.7 Å². The number of anilines is 1. The predicted octanol–water partition coefficient (Wildman–Crippen LogP) is 5.99. The minimum absolute atomic E-state index is 0.0214. The quantitative estimate of drug-likeness (QED) is 0.665. The number of fused-ring (bicyclic) bond motifs is 7. The molecule has 1 aliphatic heterocycles. The number of carboxylic acids is 1. The zero-order valence-corrected chi connectivity index (χ0v) is 15.6. The van der Waals surface area contributed by atoms with Gasteiger partial charge in [-0.25, -0.2) is 4.79 Å². The van der Waals surface area contributed by atoms with Crippen LogP contribution in [-0.4, -0.2) is 11.1 Å². The van der Waals surface area contributed by atoms with Gasteiger partial charge in [0.25, 0.3) is 0 Å². The monoisotopic (exact) mass is 387 g/mol. The van der Waals surface area contributed by atoms with Crippen molar-refractivity contribution >= 4 is 34.9 Å². The molecule has 5 rings (SSSR count).